The van der Waals surface area contributed by atoms with Gasteiger partial charge in [-0.15, -0.1) is 0 Å². The van der Waals surface area contributed by atoms with Crippen LogP contribution in [0.3, 0.4) is 0 Å². The molecule has 2 aromatic carbocycles. The van der Waals surface area contributed by atoms with E-state index in [1.807, 2.05) is 30.3 Å². The molecular formula is C31H29ClF3N5O2. The van der Waals surface area contributed by atoms with E-state index in [9.17, 15) is 22.8 Å². The fourth-order valence-corrected chi connectivity index (χ4v) is 5.54. The highest BCUT2D eigenvalue weighted by Gasteiger charge is 2.34. The largest absolute Gasteiger partial charge is 0.433 e. The Balaban J connectivity index is 1.24. The molecule has 1 aliphatic rings. The molecule has 2 N–H and O–H groups in total. The second-order valence-electron chi connectivity index (χ2n) is 10.6. The van der Waals surface area contributed by atoms with E-state index < -0.39 is 23.8 Å². The molecule has 42 heavy (non-hydrogen) atoms. The van der Waals surface area contributed by atoms with E-state index in [0.717, 1.165) is 24.5 Å². The van der Waals surface area contributed by atoms with Crippen LogP contribution in [0.4, 0.5) is 18.9 Å². The van der Waals surface area contributed by atoms with Crippen molar-refractivity contribution in [2.24, 2.45) is 5.92 Å². The van der Waals surface area contributed by atoms with Crippen LogP contribution >= 0.6 is 11.6 Å². The molecule has 0 unspecified atom stereocenters. The van der Waals surface area contributed by atoms with Crippen molar-refractivity contribution in [2.45, 2.75) is 56.8 Å². The molecule has 0 saturated heterocycles. The standard InChI is InChI=1S/C31H29ClF3N5O2/c32-21-8-11-24-23(16-21)25(17-29(39-24)31(33,34)35)38-22-9-6-20(7-10-22)15-28(41)26(14-19-4-2-1-3-5-19)40-30(42)27-18-36-12-13-37-27/h1-5,8,11-13,16-18,20,22,26H,6-7,9-10,14-15H2,(H,38,39)(H,40,42)/t20?,22?,26-/m0/s1. The van der Waals surface area contributed by atoms with Crippen molar-refractivity contribution < 1.29 is 22.8 Å². The maximum absolute atomic E-state index is 13.5. The van der Waals surface area contributed by atoms with Crippen LogP contribution in [0.15, 0.2) is 73.2 Å². The molecule has 0 bridgehead atoms. The summed E-state index contributed by atoms with van der Waals surface area (Å²) in [5.41, 5.74) is 0.639. The number of fused-ring (bicyclic) bond motifs is 1. The fraction of sp³-hybridized carbons (Fsp3) is 0.323. The summed E-state index contributed by atoms with van der Waals surface area (Å²) in [4.78, 5) is 38.0. The Labute approximate surface area is 245 Å². The molecule has 218 valence electrons. The van der Waals surface area contributed by atoms with Gasteiger partial charge in [-0.25, -0.2) is 9.97 Å². The van der Waals surface area contributed by atoms with Crippen molar-refractivity contribution in [3.8, 4) is 0 Å². The Morgan fingerprint density at radius 1 is 1.00 bits per heavy atom. The normalized spacial score (nSPS) is 17.9. The second-order valence-corrected chi connectivity index (χ2v) is 11.0. The van der Waals surface area contributed by atoms with Crippen LogP contribution in [-0.2, 0) is 17.4 Å². The van der Waals surface area contributed by atoms with Crippen molar-refractivity contribution in [1.29, 1.82) is 0 Å². The third-order valence-corrected chi connectivity index (χ3v) is 7.76. The van der Waals surface area contributed by atoms with Gasteiger partial charge in [0.05, 0.1) is 17.8 Å². The first-order valence-corrected chi connectivity index (χ1v) is 14.1. The van der Waals surface area contributed by atoms with E-state index >= 15 is 0 Å². The molecular weight excluding hydrogens is 567 g/mol. The van der Waals surface area contributed by atoms with E-state index in [2.05, 4.69) is 25.6 Å². The number of carbonyl (C=O) groups is 2. The Bertz CT molecular complexity index is 1550. The van der Waals surface area contributed by atoms with Crippen LogP contribution in [0.1, 0.15) is 53.8 Å². The summed E-state index contributed by atoms with van der Waals surface area (Å²) >= 11 is 6.13. The van der Waals surface area contributed by atoms with Crippen molar-refractivity contribution in [1.82, 2.24) is 20.3 Å². The zero-order valence-electron chi connectivity index (χ0n) is 22.6. The molecule has 2 heterocycles. The number of halogens is 4. The van der Waals surface area contributed by atoms with Gasteiger partial charge >= 0.3 is 6.18 Å². The summed E-state index contributed by atoms with van der Waals surface area (Å²) < 4.78 is 40.6. The van der Waals surface area contributed by atoms with Crippen LogP contribution in [0, 0.1) is 5.92 Å². The molecule has 1 saturated carbocycles. The van der Waals surface area contributed by atoms with Gasteiger partial charge in [0.1, 0.15) is 11.4 Å². The van der Waals surface area contributed by atoms with Gasteiger partial charge in [0.2, 0.25) is 0 Å². The number of carbonyl (C=O) groups excluding carboxylic acids is 2. The van der Waals surface area contributed by atoms with Crippen LogP contribution in [0.25, 0.3) is 10.9 Å². The summed E-state index contributed by atoms with van der Waals surface area (Å²) in [5, 5.41) is 7.06. The second kappa shape index (κ2) is 12.9. The molecule has 0 radical (unpaired) electrons. The average molecular weight is 596 g/mol. The Morgan fingerprint density at radius 3 is 2.45 bits per heavy atom. The summed E-state index contributed by atoms with van der Waals surface area (Å²) in [7, 11) is 0. The maximum atomic E-state index is 13.5. The van der Waals surface area contributed by atoms with Gasteiger partial charge in [-0.05, 0) is 67.9 Å². The van der Waals surface area contributed by atoms with Crippen LogP contribution in [0.2, 0.25) is 5.02 Å². The molecule has 0 spiro atoms. The third kappa shape index (κ3) is 7.42. The molecule has 0 aliphatic heterocycles. The highest BCUT2D eigenvalue weighted by atomic mass is 35.5. The van der Waals surface area contributed by atoms with E-state index in [-0.39, 0.29) is 35.4 Å². The Kier molecular flexibility index (Phi) is 9.01. The minimum Gasteiger partial charge on any atom is -0.382 e. The number of anilines is 1. The molecule has 2 aromatic heterocycles. The average Bonchev–Trinajstić information content (AvgIpc) is 2.98. The first-order chi connectivity index (χ1) is 20.2. The lowest BCUT2D eigenvalue weighted by molar-refractivity contribution is -0.140. The summed E-state index contributed by atoms with van der Waals surface area (Å²) in [6.45, 7) is 0. The number of rotatable bonds is 9. The number of hydrogen-bond donors (Lipinski definition) is 2. The maximum Gasteiger partial charge on any atom is 0.433 e. The molecule has 1 aliphatic carbocycles. The number of nitrogens with zero attached hydrogens (tertiary/aromatic N) is 3. The molecule has 1 fully saturated rings. The van der Waals surface area contributed by atoms with E-state index in [1.165, 1.54) is 30.7 Å². The lowest BCUT2D eigenvalue weighted by Gasteiger charge is -2.31. The predicted molar refractivity (Wildman–Crippen MR) is 154 cm³/mol. The first-order valence-electron chi connectivity index (χ1n) is 13.7. The van der Waals surface area contributed by atoms with Gasteiger partial charge < -0.3 is 10.6 Å². The lowest BCUT2D eigenvalue weighted by Crippen LogP contribution is -2.43. The smallest absolute Gasteiger partial charge is 0.382 e. The van der Waals surface area contributed by atoms with Gasteiger partial charge in [-0.3, -0.25) is 14.6 Å². The van der Waals surface area contributed by atoms with Gasteiger partial charge in [0.15, 0.2) is 5.78 Å². The van der Waals surface area contributed by atoms with Crippen LogP contribution in [-0.4, -0.2) is 38.7 Å². The zero-order valence-corrected chi connectivity index (χ0v) is 23.3. The van der Waals surface area contributed by atoms with Crippen molar-refractivity contribution in [3.05, 3.63) is 95.2 Å². The Hall–Kier alpha value is -4.05. The summed E-state index contributed by atoms with van der Waals surface area (Å²) in [6.07, 6.45) is 3.09. The van der Waals surface area contributed by atoms with E-state index in [1.54, 1.807) is 6.07 Å². The van der Waals surface area contributed by atoms with Gasteiger partial charge in [-0.2, -0.15) is 13.2 Å². The number of hydrogen-bond acceptors (Lipinski definition) is 6. The van der Waals surface area contributed by atoms with Gasteiger partial charge in [0.25, 0.3) is 5.91 Å². The monoisotopic (exact) mass is 595 g/mol. The number of Topliss-reactive ketones (excluding diaryl/α,β-unsaturated/α-hetero) is 1. The summed E-state index contributed by atoms with van der Waals surface area (Å²) in [5.74, 6) is -0.443. The minimum absolute atomic E-state index is 0.0708. The molecule has 5 rings (SSSR count). The van der Waals surface area contributed by atoms with Gasteiger partial charge in [0, 0.05) is 41.0 Å². The number of alkyl halides is 3. The summed E-state index contributed by atoms with van der Waals surface area (Å²) in [6, 6.07) is 14.3. The zero-order chi connectivity index (χ0) is 29.7. The highest BCUT2D eigenvalue weighted by Crippen LogP contribution is 2.36. The number of nitrogens with one attached hydrogen (secondary N) is 2. The molecule has 11 heteroatoms. The minimum atomic E-state index is -4.58. The van der Waals surface area contributed by atoms with Crippen molar-refractivity contribution in [2.75, 3.05) is 5.32 Å². The highest BCUT2D eigenvalue weighted by molar-refractivity contribution is 6.31. The quantitative estimate of drug-likeness (QED) is 0.224. The Morgan fingerprint density at radius 2 is 1.76 bits per heavy atom. The number of benzene rings is 2. The lowest BCUT2D eigenvalue weighted by atomic mass is 9.81. The molecule has 1 atom stereocenters. The molecule has 7 nitrogen and oxygen atoms in total. The molecule has 1 amide bonds. The number of ketones is 1. The van der Waals surface area contributed by atoms with Gasteiger partial charge in [-0.1, -0.05) is 41.9 Å². The predicted octanol–water partition coefficient (Wildman–Crippen LogP) is 6.67. The SMILES string of the molecule is O=C(N[C@@H](Cc1ccccc1)C(=O)CC1CCC(Nc2cc(C(F)(F)F)nc3ccc(Cl)cc23)CC1)c1cnccn1. The fourth-order valence-electron chi connectivity index (χ4n) is 5.36. The van der Waals surface area contributed by atoms with E-state index in [0.29, 0.717) is 35.4 Å². The van der Waals surface area contributed by atoms with Crippen LogP contribution in [0.5, 0.6) is 0 Å². The first kappa shape index (κ1) is 29.4. The van der Waals surface area contributed by atoms with Crippen molar-refractivity contribution in [3.63, 3.8) is 0 Å². The van der Waals surface area contributed by atoms with Crippen molar-refractivity contribution >= 4 is 39.9 Å². The van der Waals surface area contributed by atoms with E-state index in [4.69, 9.17) is 11.6 Å². The number of amides is 1. The van der Waals surface area contributed by atoms with Crippen LogP contribution < -0.4 is 10.6 Å². The number of pyridine rings is 1. The molecule has 4 aromatic rings. The topological polar surface area (TPSA) is 96.9 Å². The third-order valence-electron chi connectivity index (χ3n) is 7.53. The number of aromatic nitrogens is 3.